The van der Waals surface area contributed by atoms with E-state index in [1.165, 1.54) is 11.1 Å². The van der Waals surface area contributed by atoms with E-state index >= 15 is 0 Å². The van der Waals surface area contributed by atoms with Crippen LogP contribution < -0.4 is 15.5 Å². The molecule has 2 aromatic carbocycles. The summed E-state index contributed by atoms with van der Waals surface area (Å²) in [5.74, 6) is -0.389. The second kappa shape index (κ2) is 7.76. The molecule has 170 valence electrons. The molecule has 1 saturated heterocycles. The van der Waals surface area contributed by atoms with Crippen LogP contribution in [0.25, 0.3) is 0 Å². The van der Waals surface area contributed by atoms with Crippen molar-refractivity contribution in [3.63, 3.8) is 0 Å². The van der Waals surface area contributed by atoms with Crippen LogP contribution in [-0.4, -0.2) is 34.7 Å². The van der Waals surface area contributed by atoms with E-state index in [4.69, 9.17) is 5.73 Å². The van der Waals surface area contributed by atoms with Crippen LogP contribution >= 0.6 is 0 Å². The number of nitrogen functional groups attached to an aromatic ring is 1. The Morgan fingerprint density at radius 3 is 2.73 bits per heavy atom. The summed E-state index contributed by atoms with van der Waals surface area (Å²) < 4.78 is 1.89. The maximum Gasteiger partial charge on any atom is 0.232 e. The lowest BCUT2D eigenvalue weighted by Gasteiger charge is -2.23. The predicted molar refractivity (Wildman–Crippen MR) is 129 cm³/mol. The number of nitrogens with two attached hydrogens (primary N) is 1. The first-order chi connectivity index (χ1) is 15.7. The largest absolute Gasteiger partial charge is 0.399 e. The molecular formula is C26H29N5O2. The minimum atomic E-state index is -0.366. The Bertz CT molecular complexity index is 1240. The van der Waals surface area contributed by atoms with Crippen molar-refractivity contribution in [1.82, 2.24) is 9.78 Å². The number of fused-ring (bicyclic) bond motifs is 1. The molecule has 5 rings (SSSR count). The van der Waals surface area contributed by atoms with Crippen LogP contribution in [0.2, 0.25) is 0 Å². The lowest BCUT2D eigenvalue weighted by molar-refractivity contribution is -0.124. The van der Waals surface area contributed by atoms with Gasteiger partial charge >= 0.3 is 0 Å². The number of benzene rings is 2. The van der Waals surface area contributed by atoms with Crippen LogP contribution in [0.4, 0.5) is 17.1 Å². The van der Waals surface area contributed by atoms with E-state index in [0.717, 1.165) is 23.5 Å². The number of hydrogen-bond donors (Lipinski definition) is 1. The maximum atomic E-state index is 13.6. The van der Waals surface area contributed by atoms with Crippen LogP contribution in [0.5, 0.6) is 0 Å². The number of anilines is 3. The third-order valence-corrected chi connectivity index (χ3v) is 6.86. The first kappa shape index (κ1) is 21.2. The molecule has 1 atom stereocenters. The van der Waals surface area contributed by atoms with E-state index < -0.39 is 0 Å². The van der Waals surface area contributed by atoms with Crippen LogP contribution in [0.3, 0.4) is 0 Å². The van der Waals surface area contributed by atoms with Crippen molar-refractivity contribution in [2.24, 2.45) is 13.0 Å². The molecule has 2 aliphatic heterocycles. The molecule has 3 heterocycles. The third kappa shape index (κ3) is 3.77. The van der Waals surface area contributed by atoms with Crippen LogP contribution in [0, 0.1) is 5.92 Å². The molecule has 2 N–H and O–H groups in total. The van der Waals surface area contributed by atoms with Crippen molar-refractivity contribution in [1.29, 1.82) is 0 Å². The summed E-state index contributed by atoms with van der Waals surface area (Å²) in [6.07, 6.45) is 2.82. The molecule has 1 aromatic heterocycles. The lowest BCUT2D eigenvalue weighted by atomic mass is 9.86. The quantitative estimate of drug-likeness (QED) is 0.627. The zero-order valence-corrected chi connectivity index (χ0v) is 19.3. The van der Waals surface area contributed by atoms with E-state index in [-0.39, 0.29) is 29.6 Å². The van der Waals surface area contributed by atoms with Crippen molar-refractivity contribution in [2.75, 3.05) is 28.6 Å². The fraction of sp³-hybridized carbons (Fsp3) is 0.346. The van der Waals surface area contributed by atoms with Crippen molar-refractivity contribution in [3.8, 4) is 0 Å². The molecule has 0 bridgehead atoms. The summed E-state index contributed by atoms with van der Waals surface area (Å²) in [4.78, 5) is 29.9. The highest BCUT2D eigenvalue weighted by Crippen LogP contribution is 2.42. The minimum Gasteiger partial charge on any atom is -0.399 e. The molecule has 1 fully saturated rings. The summed E-state index contributed by atoms with van der Waals surface area (Å²) in [6, 6.07) is 15.6. The highest BCUT2D eigenvalue weighted by Gasteiger charge is 2.43. The Kier molecular flexibility index (Phi) is 5.00. The monoisotopic (exact) mass is 443 g/mol. The summed E-state index contributed by atoms with van der Waals surface area (Å²) in [5.41, 5.74) is 11.5. The highest BCUT2D eigenvalue weighted by molar-refractivity contribution is 6.05. The van der Waals surface area contributed by atoms with Gasteiger partial charge in [0.1, 0.15) is 0 Å². The van der Waals surface area contributed by atoms with Crippen molar-refractivity contribution >= 4 is 28.9 Å². The fourth-order valence-corrected chi connectivity index (χ4v) is 5.05. The summed E-state index contributed by atoms with van der Waals surface area (Å²) in [5, 5.41) is 4.26. The lowest BCUT2D eigenvalue weighted by Crippen LogP contribution is -2.39. The smallest absolute Gasteiger partial charge is 0.232 e. The van der Waals surface area contributed by atoms with Gasteiger partial charge in [0.2, 0.25) is 11.8 Å². The van der Waals surface area contributed by atoms with Gasteiger partial charge < -0.3 is 15.5 Å². The predicted octanol–water partition coefficient (Wildman–Crippen LogP) is 3.27. The molecule has 1 unspecified atom stereocenters. The molecule has 0 radical (unpaired) electrons. The van der Waals surface area contributed by atoms with Crippen LogP contribution in [0.1, 0.15) is 37.1 Å². The van der Waals surface area contributed by atoms with Crippen molar-refractivity contribution in [2.45, 2.75) is 32.1 Å². The van der Waals surface area contributed by atoms with Gasteiger partial charge in [0.05, 0.1) is 5.92 Å². The Morgan fingerprint density at radius 1 is 1.18 bits per heavy atom. The van der Waals surface area contributed by atoms with Gasteiger partial charge in [-0.2, -0.15) is 5.10 Å². The Hall–Kier alpha value is -3.61. The second-order valence-corrected chi connectivity index (χ2v) is 9.78. The molecule has 0 aliphatic carbocycles. The average Bonchev–Trinajstić information content (AvgIpc) is 3.44. The summed E-state index contributed by atoms with van der Waals surface area (Å²) in [6.45, 7) is 5.34. The molecular weight excluding hydrogens is 414 g/mol. The van der Waals surface area contributed by atoms with Gasteiger partial charge in [-0.3, -0.25) is 14.3 Å². The van der Waals surface area contributed by atoms with Crippen LogP contribution in [-0.2, 0) is 28.5 Å². The molecule has 7 heteroatoms. The number of aromatic nitrogens is 2. The van der Waals surface area contributed by atoms with Gasteiger partial charge in [-0.1, -0.05) is 32.0 Å². The highest BCUT2D eigenvalue weighted by atomic mass is 16.2. The van der Waals surface area contributed by atoms with Gasteiger partial charge in [0.15, 0.2) is 0 Å². The number of amides is 2. The minimum absolute atomic E-state index is 0.0148. The summed E-state index contributed by atoms with van der Waals surface area (Å²) in [7, 11) is 1.95. The van der Waals surface area contributed by atoms with Gasteiger partial charge in [-0.05, 0) is 41.5 Å². The number of hydrogen-bond acceptors (Lipinski definition) is 4. The molecule has 7 nitrogen and oxygen atoms in total. The maximum absolute atomic E-state index is 13.6. The number of carbonyl (C=O) groups excluding carboxylic acids is 2. The Morgan fingerprint density at radius 2 is 2.00 bits per heavy atom. The first-order valence-corrected chi connectivity index (χ1v) is 11.3. The molecule has 0 saturated carbocycles. The van der Waals surface area contributed by atoms with Gasteiger partial charge in [0, 0.05) is 67.3 Å². The number of carbonyl (C=O) groups is 2. The van der Waals surface area contributed by atoms with Crippen molar-refractivity contribution in [3.05, 3.63) is 71.5 Å². The van der Waals surface area contributed by atoms with Gasteiger partial charge in [-0.25, -0.2) is 0 Å². The number of rotatable bonds is 4. The van der Waals surface area contributed by atoms with Crippen LogP contribution in [0.15, 0.2) is 54.7 Å². The van der Waals surface area contributed by atoms with E-state index in [2.05, 4.69) is 37.1 Å². The second-order valence-electron chi connectivity index (χ2n) is 9.78. The molecule has 2 amide bonds. The fourth-order valence-electron chi connectivity index (χ4n) is 5.05. The first-order valence-electron chi connectivity index (χ1n) is 11.3. The number of aryl methyl sites for hydroxylation is 1. The molecule has 0 spiro atoms. The van der Waals surface area contributed by atoms with E-state index in [1.54, 1.807) is 17.0 Å². The molecule has 33 heavy (non-hydrogen) atoms. The SMILES string of the molecule is Cn1nccc1Cc1ccc2c(c1)C(C)(C)CN2C(=O)C1CC(=O)N(c2cccc(N)c2)C1. The van der Waals surface area contributed by atoms with Gasteiger partial charge in [0.25, 0.3) is 0 Å². The Balaban J connectivity index is 1.38. The topological polar surface area (TPSA) is 84.5 Å². The third-order valence-electron chi connectivity index (χ3n) is 6.86. The zero-order chi connectivity index (χ0) is 23.3. The van der Waals surface area contributed by atoms with Crippen molar-refractivity contribution < 1.29 is 9.59 Å². The normalized spacial score (nSPS) is 19.2. The number of nitrogens with zero attached hydrogens (tertiary/aromatic N) is 4. The van der Waals surface area contributed by atoms with E-state index in [9.17, 15) is 9.59 Å². The molecule has 3 aromatic rings. The van der Waals surface area contributed by atoms with Gasteiger partial charge in [-0.15, -0.1) is 0 Å². The zero-order valence-electron chi connectivity index (χ0n) is 19.3. The standard InChI is InChI=1S/C26H29N5O2/c1-26(2)16-31(23-8-7-17(12-22(23)26)11-20-9-10-28-29(20)3)25(33)18-13-24(32)30(15-18)21-6-4-5-19(27)14-21/h4-10,12,14,18H,11,13,15-16,27H2,1-3H3. The van der Waals surface area contributed by atoms with E-state index in [1.807, 2.05) is 41.0 Å². The Labute approximate surface area is 193 Å². The average molecular weight is 444 g/mol. The molecule has 2 aliphatic rings. The van der Waals surface area contributed by atoms with E-state index in [0.29, 0.717) is 18.8 Å². The summed E-state index contributed by atoms with van der Waals surface area (Å²) >= 11 is 0.